The molecule has 1 aromatic rings. The number of nitrogens with zero attached hydrogens (tertiary/aromatic N) is 1. The van der Waals surface area contributed by atoms with Crippen molar-refractivity contribution in [2.24, 2.45) is 0 Å². The number of hydrogen-bond donors (Lipinski definition) is 1. The van der Waals surface area contributed by atoms with Gasteiger partial charge in [-0.2, -0.15) is 0 Å². The summed E-state index contributed by atoms with van der Waals surface area (Å²) in [6.45, 7) is 13.4. The highest BCUT2D eigenvalue weighted by Gasteiger charge is 2.22. The number of aliphatic carboxylic acids is 1. The van der Waals surface area contributed by atoms with Crippen LogP contribution in [0.3, 0.4) is 0 Å². The van der Waals surface area contributed by atoms with Crippen LogP contribution in [-0.4, -0.2) is 28.6 Å². The van der Waals surface area contributed by atoms with Gasteiger partial charge in [-0.1, -0.05) is 17.7 Å². The summed E-state index contributed by atoms with van der Waals surface area (Å²) in [5.41, 5.74) is 5.18. The van der Waals surface area contributed by atoms with Gasteiger partial charge in [0.15, 0.2) is 0 Å². The van der Waals surface area contributed by atoms with Gasteiger partial charge in [0.1, 0.15) is 0 Å². The van der Waals surface area contributed by atoms with E-state index in [-0.39, 0.29) is 12.5 Å². The van der Waals surface area contributed by atoms with E-state index in [1.54, 1.807) is 0 Å². The van der Waals surface area contributed by atoms with Crippen LogP contribution in [0.25, 0.3) is 0 Å². The molecule has 0 aliphatic carbocycles. The molecule has 0 saturated heterocycles. The van der Waals surface area contributed by atoms with Gasteiger partial charge in [0, 0.05) is 18.6 Å². The fourth-order valence-corrected chi connectivity index (χ4v) is 3.14. The lowest BCUT2D eigenvalue weighted by Gasteiger charge is -2.34. The lowest BCUT2D eigenvalue weighted by molar-refractivity contribution is -0.137. The average molecular weight is 277 g/mol. The molecule has 0 fully saturated rings. The molecule has 1 atom stereocenters. The third-order valence-corrected chi connectivity index (χ3v) is 3.90. The molecule has 20 heavy (non-hydrogen) atoms. The molecule has 0 amide bonds. The van der Waals surface area contributed by atoms with Crippen molar-refractivity contribution in [1.82, 2.24) is 4.90 Å². The molecule has 1 aromatic carbocycles. The molecule has 112 valence electrons. The largest absolute Gasteiger partial charge is 0.481 e. The number of benzene rings is 1. The van der Waals surface area contributed by atoms with E-state index in [1.807, 2.05) is 0 Å². The normalized spacial score (nSPS) is 13.0. The second-order valence-corrected chi connectivity index (χ2v) is 5.96. The SMILES string of the molecule is Cc1cc(C)c(C(C)N(CCC(=O)O)C(C)C)c(C)c1. The molecule has 0 bridgehead atoms. The zero-order valence-electron chi connectivity index (χ0n) is 13.5. The van der Waals surface area contributed by atoms with Crippen molar-refractivity contribution in [3.05, 3.63) is 34.4 Å². The molecule has 0 radical (unpaired) electrons. The maximum absolute atomic E-state index is 10.8. The predicted molar refractivity (Wildman–Crippen MR) is 83.2 cm³/mol. The summed E-state index contributed by atoms with van der Waals surface area (Å²) in [5.74, 6) is -0.736. The number of aryl methyl sites for hydroxylation is 3. The fourth-order valence-electron chi connectivity index (χ4n) is 3.14. The van der Waals surface area contributed by atoms with Gasteiger partial charge < -0.3 is 5.11 Å². The highest BCUT2D eigenvalue weighted by Crippen LogP contribution is 2.29. The Bertz CT molecular complexity index is 457. The van der Waals surface area contributed by atoms with E-state index in [0.717, 1.165) is 0 Å². The monoisotopic (exact) mass is 277 g/mol. The van der Waals surface area contributed by atoms with Crippen LogP contribution in [0, 0.1) is 20.8 Å². The van der Waals surface area contributed by atoms with Crippen LogP contribution in [0.2, 0.25) is 0 Å². The van der Waals surface area contributed by atoms with Gasteiger partial charge in [-0.3, -0.25) is 9.69 Å². The summed E-state index contributed by atoms with van der Waals surface area (Å²) < 4.78 is 0. The zero-order chi connectivity index (χ0) is 15.4. The molecule has 3 heteroatoms. The van der Waals surface area contributed by atoms with Crippen molar-refractivity contribution in [2.75, 3.05) is 6.54 Å². The van der Waals surface area contributed by atoms with E-state index in [9.17, 15) is 4.79 Å². The summed E-state index contributed by atoms with van der Waals surface area (Å²) in [5, 5.41) is 8.92. The van der Waals surface area contributed by atoms with Gasteiger partial charge in [-0.25, -0.2) is 0 Å². The van der Waals surface area contributed by atoms with Gasteiger partial charge in [-0.05, 0) is 58.2 Å². The first-order valence-corrected chi connectivity index (χ1v) is 7.29. The fraction of sp³-hybridized carbons (Fsp3) is 0.588. The smallest absolute Gasteiger partial charge is 0.304 e. The predicted octanol–water partition coefficient (Wildman–Crippen LogP) is 3.86. The number of hydrogen-bond acceptors (Lipinski definition) is 2. The first kappa shape index (κ1) is 16.7. The summed E-state index contributed by atoms with van der Waals surface area (Å²) in [6, 6.07) is 4.96. The van der Waals surface area contributed by atoms with Crippen LogP contribution >= 0.6 is 0 Å². The zero-order valence-corrected chi connectivity index (χ0v) is 13.5. The Labute approximate surface area is 122 Å². The molecule has 1 rings (SSSR count). The van der Waals surface area contributed by atoms with Crippen molar-refractivity contribution in [3.8, 4) is 0 Å². The van der Waals surface area contributed by atoms with E-state index in [2.05, 4.69) is 58.6 Å². The van der Waals surface area contributed by atoms with Gasteiger partial charge in [0.2, 0.25) is 0 Å². The van der Waals surface area contributed by atoms with Crippen molar-refractivity contribution in [3.63, 3.8) is 0 Å². The Balaban J connectivity index is 3.06. The Morgan fingerprint density at radius 3 is 2.05 bits per heavy atom. The Hall–Kier alpha value is -1.35. The van der Waals surface area contributed by atoms with Crippen LogP contribution in [0.15, 0.2) is 12.1 Å². The molecule has 1 N–H and O–H groups in total. The van der Waals surface area contributed by atoms with E-state index in [4.69, 9.17) is 5.11 Å². The summed E-state index contributed by atoms with van der Waals surface area (Å²) in [7, 11) is 0. The summed E-state index contributed by atoms with van der Waals surface area (Å²) in [4.78, 5) is 13.1. The van der Waals surface area contributed by atoms with Gasteiger partial charge >= 0.3 is 5.97 Å². The van der Waals surface area contributed by atoms with E-state index in [0.29, 0.717) is 12.6 Å². The third kappa shape index (κ3) is 4.07. The minimum atomic E-state index is -0.736. The van der Waals surface area contributed by atoms with Crippen LogP contribution in [0.1, 0.15) is 55.5 Å². The number of rotatable bonds is 6. The first-order valence-electron chi connectivity index (χ1n) is 7.29. The molecule has 0 aromatic heterocycles. The van der Waals surface area contributed by atoms with Crippen LogP contribution in [0.4, 0.5) is 0 Å². The molecule has 1 unspecified atom stereocenters. The van der Waals surface area contributed by atoms with E-state index in [1.165, 1.54) is 22.3 Å². The molecular formula is C17H27NO2. The Morgan fingerprint density at radius 1 is 1.15 bits per heavy atom. The summed E-state index contributed by atoms with van der Waals surface area (Å²) >= 11 is 0. The van der Waals surface area contributed by atoms with Crippen molar-refractivity contribution in [1.29, 1.82) is 0 Å². The molecule has 0 aliphatic rings. The molecule has 3 nitrogen and oxygen atoms in total. The van der Waals surface area contributed by atoms with Crippen molar-refractivity contribution >= 4 is 5.97 Å². The highest BCUT2D eigenvalue weighted by molar-refractivity contribution is 5.66. The second kappa shape index (κ2) is 6.89. The Kier molecular flexibility index (Phi) is 5.75. The number of carboxylic acids is 1. The standard InChI is InChI=1S/C17H27NO2/c1-11(2)18(8-7-16(19)20)15(6)17-13(4)9-12(3)10-14(17)5/h9-11,15H,7-8H2,1-6H3,(H,19,20). The van der Waals surface area contributed by atoms with E-state index >= 15 is 0 Å². The molecule has 0 spiro atoms. The maximum Gasteiger partial charge on any atom is 0.304 e. The molecule has 0 heterocycles. The number of carboxylic acid groups (broad SMARTS) is 1. The van der Waals surface area contributed by atoms with Crippen LogP contribution < -0.4 is 0 Å². The van der Waals surface area contributed by atoms with Gasteiger partial charge in [-0.15, -0.1) is 0 Å². The highest BCUT2D eigenvalue weighted by atomic mass is 16.4. The quantitative estimate of drug-likeness (QED) is 0.858. The minimum Gasteiger partial charge on any atom is -0.481 e. The molecule has 0 saturated carbocycles. The molecular weight excluding hydrogens is 250 g/mol. The van der Waals surface area contributed by atoms with Gasteiger partial charge in [0.25, 0.3) is 0 Å². The van der Waals surface area contributed by atoms with Crippen LogP contribution in [-0.2, 0) is 4.79 Å². The topological polar surface area (TPSA) is 40.5 Å². The number of carbonyl (C=O) groups is 1. The van der Waals surface area contributed by atoms with Crippen molar-refractivity contribution in [2.45, 2.75) is 60.0 Å². The Morgan fingerprint density at radius 2 is 1.65 bits per heavy atom. The average Bonchev–Trinajstić information content (AvgIpc) is 2.26. The van der Waals surface area contributed by atoms with Crippen molar-refractivity contribution < 1.29 is 9.90 Å². The first-order chi connectivity index (χ1) is 9.23. The second-order valence-electron chi connectivity index (χ2n) is 5.96. The molecule has 0 aliphatic heterocycles. The minimum absolute atomic E-state index is 0.187. The third-order valence-electron chi connectivity index (χ3n) is 3.90. The lowest BCUT2D eigenvalue weighted by atomic mass is 9.93. The lowest BCUT2D eigenvalue weighted by Crippen LogP contribution is -2.36. The van der Waals surface area contributed by atoms with Crippen LogP contribution in [0.5, 0.6) is 0 Å². The van der Waals surface area contributed by atoms with Gasteiger partial charge in [0.05, 0.1) is 6.42 Å². The summed E-state index contributed by atoms with van der Waals surface area (Å²) in [6.07, 6.45) is 0.187. The van der Waals surface area contributed by atoms with E-state index < -0.39 is 5.97 Å². The maximum atomic E-state index is 10.8.